The van der Waals surface area contributed by atoms with Crippen LogP contribution in [0, 0.1) is 11.2 Å². The molecule has 1 aliphatic heterocycles. The molecule has 0 saturated heterocycles. The molecule has 1 aliphatic rings. The van der Waals surface area contributed by atoms with Crippen LogP contribution in [0.3, 0.4) is 0 Å². The standard InChI is InChI=1S/C15H22BrNO.C15H15ClFN3O3S2/c1-14(2,3)12(16)13(18)17-15(4,5)11-9-7-6-8-10-11;1-23-13(21)8-24-12-7-11(10(17)6-9(12)16)18-14-19-4-2-3-5-20(19)15(22)25-14/h6-10,12H,1-5H3,(H,17,18);6-7H,2-5,8H2,1H3. The van der Waals surface area contributed by atoms with Crippen LogP contribution in [0.25, 0.3) is 0 Å². The van der Waals surface area contributed by atoms with E-state index in [1.807, 2.05) is 65.0 Å². The molecule has 1 amide bonds. The number of hydrogen-bond donors (Lipinski definition) is 1. The van der Waals surface area contributed by atoms with Crippen LogP contribution in [0.4, 0.5) is 10.1 Å². The zero-order valence-corrected chi connectivity index (χ0v) is 29.1. The molecule has 3 aromatic rings. The van der Waals surface area contributed by atoms with Crippen molar-refractivity contribution in [2.24, 2.45) is 10.4 Å². The van der Waals surface area contributed by atoms with E-state index in [-0.39, 0.29) is 43.0 Å². The monoisotopic (exact) mass is 714 g/mol. The summed E-state index contributed by atoms with van der Waals surface area (Å²) >= 11 is 11.6. The smallest absolute Gasteiger partial charge is 0.325 e. The van der Waals surface area contributed by atoms with Crippen LogP contribution in [0.1, 0.15) is 53.0 Å². The number of hydrogen-bond acceptors (Lipinski definition) is 7. The van der Waals surface area contributed by atoms with Gasteiger partial charge in [-0.25, -0.2) is 14.1 Å². The Balaban J connectivity index is 0.000000250. The fourth-order valence-electron chi connectivity index (χ4n) is 4.12. The topological polar surface area (TPSA) is 94.7 Å². The van der Waals surface area contributed by atoms with Crippen molar-refractivity contribution < 1.29 is 18.7 Å². The van der Waals surface area contributed by atoms with Crippen molar-refractivity contribution >= 4 is 68.2 Å². The highest BCUT2D eigenvalue weighted by molar-refractivity contribution is 9.10. The number of amides is 1. The second-order valence-electron chi connectivity index (χ2n) is 11.5. The molecule has 0 fully saturated rings. The number of halogens is 3. The van der Waals surface area contributed by atoms with E-state index in [1.165, 1.54) is 13.2 Å². The molecule has 0 aliphatic carbocycles. The van der Waals surface area contributed by atoms with Gasteiger partial charge in [0.1, 0.15) is 11.5 Å². The predicted molar refractivity (Wildman–Crippen MR) is 175 cm³/mol. The maximum absolute atomic E-state index is 14.3. The average molecular weight is 716 g/mol. The summed E-state index contributed by atoms with van der Waals surface area (Å²) in [6.07, 6.45) is 1.90. The lowest BCUT2D eigenvalue weighted by Crippen LogP contribution is -2.47. The van der Waals surface area contributed by atoms with Gasteiger partial charge in [-0.15, -0.1) is 11.8 Å². The molecular weight excluding hydrogens is 679 g/mol. The highest BCUT2D eigenvalue weighted by Gasteiger charge is 2.32. The molecule has 1 aromatic heterocycles. The Morgan fingerprint density at radius 1 is 1.14 bits per heavy atom. The van der Waals surface area contributed by atoms with Gasteiger partial charge in [-0.3, -0.25) is 19.1 Å². The average Bonchev–Trinajstić information content (AvgIpc) is 3.28. The SMILES string of the molecule is CC(C)(NC(=O)C(Br)C(C)(C)C)c1ccccc1.COC(=O)CSc1cc(N=c2sc(=O)n3n2CCCC3)c(F)cc1Cl. The molecule has 234 valence electrons. The van der Waals surface area contributed by atoms with Crippen LogP contribution in [0.2, 0.25) is 5.02 Å². The number of carbonyl (C=O) groups excluding carboxylic acids is 2. The fraction of sp³-hybridized carbons (Fsp3) is 0.467. The molecule has 1 atom stereocenters. The van der Waals surface area contributed by atoms with Crippen molar-refractivity contribution in [1.29, 1.82) is 0 Å². The number of carbonyl (C=O) groups is 2. The highest BCUT2D eigenvalue weighted by Crippen LogP contribution is 2.33. The first-order valence-electron chi connectivity index (χ1n) is 13.7. The molecule has 8 nitrogen and oxygen atoms in total. The predicted octanol–water partition coefficient (Wildman–Crippen LogP) is 6.64. The Morgan fingerprint density at radius 3 is 2.37 bits per heavy atom. The second-order valence-corrected chi connectivity index (χ2v) is 14.8. The maximum atomic E-state index is 14.3. The van der Waals surface area contributed by atoms with Crippen LogP contribution in [0.5, 0.6) is 0 Å². The van der Waals surface area contributed by atoms with E-state index in [0.29, 0.717) is 22.8 Å². The van der Waals surface area contributed by atoms with Gasteiger partial charge < -0.3 is 10.1 Å². The van der Waals surface area contributed by atoms with Gasteiger partial charge in [0.15, 0.2) is 0 Å². The summed E-state index contributed by atoms with van der Waals surface area (Å²) in [6, 6.07) is 12.6. The van der Waals surface area contributed by atoms with Gasteiger partial charge in [0.25, 0.3) is 0 Å². The maximum Gasteiger partial charge on any atom is 0.325 e. The Kier molecular flexibility index (Phi) is 12.3. The molecule has 1 unspecified atom stereocenters. The van der Waals surface area contributed by atoms with E-state index < -0.39 is 11.8 Å². The van der Waals surface area contributed by atoms with Crippen molar-refractivity contribution in [2.75, 3.05) is 12.9 Å². The Bertz CT molecular complexity index is 1560. The number of aromatic nitrogens is 2. The highest BCUT2D eigenvalue weighted by atomic mass is 79.9. The molecule has 4 rings (SSSR count). The lowest BCUT2D eigenvalue weighted by Gasteiger charge is -2.31. The number of alkyl halides is 1. The van der Waals surface area contributed by atoms with Crippen LogP contribution in [-0.4, -0.2) is 38.9 Å². The third kappa shape index (κ3) is 9.54. The molecule has 2 aromatic carbocycles. The third-order valence-electron chi connectivity index (χ3n) is 6.60. The minimum atomic E-state index is -0.580. The number of nitrogens with one attached hydrogen (secondary N) is 1. The summed E-state index contributed by atoms with van der Waals surface area (Å²) in [5, 5.41) is 3.29. The normalized spacial score (nSPS) is 14.3. The van der Waals surface area contributed by atoms with Crippen molar-refractivity contribution in [3.8, 4) is 0 Å². The first kappa shape index (κ1) is 35.1. The van der Waals surface area contributed by atoms with Crippen LogP contribution in [-0.2, 0) is 33.0 Å². The van der Waals surface area contributed by atoms with Gasteiger partial charge in [0, 0.05) is 18.0 Å². The van der Waals surface area contributed by atoms with Gasteiger partial charge in [0.2, 0.25) is 10.7 Å². The number of nitrogens with zero attached hydrogens (tertiary/aromatic N) is 3. The van der Waals surface area contributed by atoms with E-state index in [9.17, 15) is 18.8 Å². The van der Waals surface area contributed by atoms with E-state index >= 15 is 0 Å². The lowest BCUT2D eigenvalue weighted by molar-refractivity contribution is -0.137. The van der Waals surface area contributed by atoms with E-state index in [4.69, 9.17) is 11.6 Å². The molecule has 0 radical (unpaired) electrons. The van der Waals surface area contributed by atoms with Crippen LogP contribution < -0.4 is 15.0 Å². The fourth-order valence-corrected chi connectivity index (χ4v) is 6.22. The molecule has 43 heavy (non-hydrogen) atoms. The minimum Gasteiger partial charge on any atom is -0.468 e. The number of esters is 1. The summed E-state index contributed by atoms with van der Waals surface area (Å²) in [5.74, 6) is -0.899. The summed E-state index contributed by atoms with van der Waals surface area (Å²) in [4.78, 5) is 40.5. The van der Waals surface area contributed by atoms with Crippen LogP contribution >= 0.6 is 50.6 Å². The quantitative estimate of drug-likeness (QED) is 0.168. The third-order valence-corrected chi connectivity index (χ3v) is 10.7. The second kappa shape index (κ2) is 15.0. The summed E-state index contributed by atoms with van der Waals surface area (Å²) in [6.45, 7) is 11.5. The molecule has 0 bridgehead atoms. The Labute approximate surface area is 272 Å². The molecular formula is C30H37BrClFN4O4S2. The lowest BCUT2D eigenvalue weighted by atomic mass is 9.89. The summed E-state index contributed by atoms with van der Waals surface area (Å²) in [7, 11) is 1.30. The molecule has 2 heterocycles. The van der Waals surface area contributed by atoms with Gasteiger partial charge in [-0.2, -0.15) is 0 Å². The van der Waals surface area contributed by atoms with Gasteiger partial charge in [0.05, 0.1) is 28.3 Å². The Hall–Kier alpha value is -2.41. The van der Waals surface area contributed by atoms with Gasteiger partial charge >= 0.3 is 10.8 Å². The summed E-state index contributed by atoms with van der Waals surface area (Å²) < 4.78 is 22.3. The number of rotatable bonds is 7. The molecule has 0 saturated carbocycles. The van der Waals surface area contributed by atoms with Crippen molar-refractivity contribution in [1.82, 2.24) is 14.7 Å². The summed E-state index contributed by atoms with van der Waals surface area (Å²) in [5.41, 5.74) is 0.721. The first-order chi connectivity index (χ1) is 20.1. The van der Waals surface area contributed by atoms with Crippen molar-refractivity contribution in [3.05, 3.63) is 73.3 Å². The molecule has 0 spiro atoms. The van der Waals surface area contributed by atoms with Crippen LogP contribution in [0.15, 0.2) is 57.1 Å². The van der Waals surface area contributed by atoms with Crippen molar-refractivity contribution in [3.63, 3.8) is 0 Å². The largest absolute Gasteiger partial charge is 0.468 e. The number of fused-ring (bicyclic) bond motifs is 1. The van der Waals surface area contributed by atoms with E-state index in [2.05, 4.69) is 31.0 Å². The zero-order chi connectivity index (χ0) is 31.9. The van der Waals surface area contributed by atoms with Gasteiger partial charge in [-0.1, -0.05) is 78.6 Å². The first-order valence-corrected chi connectivity index (χ1v) is 16.8. The number of methoxy groups -OCH3 is 1. The number of thioether (sulfide) groups is 1. The zero-order valence-electron chi connectivity index (χ0n) is 25.1. The molecule has 1 N–H and O–H groups in total. The Morgan fingerprint density at radius 2 is 1.77 bits per heavy atom. The molecule has 13 heteroatoms. The van der Waals surface area contributed by atoms with Gasteiger partial charge in [-0.05, 0) is 61.1 Å². The minimum absolute atomic E-state index is 0.0244. The van der Waals surface area contributed by atoms with E-state index in [0.717, 1.165) is 47.6 Å². The van der Waals surface area contributed by atoms with E-state index in [1.54, 1.807) is 9.36 Å². The number of ether oxygens (including phenoxy) is 1. The van der Waals surface area contributed by atoms with Crippen molar-refractivity contribution in [2.45, 2.75) is 75.8 Å². The number of benzene rings is 2.